The van der Waals surface area contributed by atoms with Gasteiger partial charge in [0.25, 0.3) is 0 Å². The number of piperazine rings is 1. The van der Waals surface area contributed by atoms with Crippen molar-refractivity contribution >= 4 is 0 Å². The van der Waals surface area contributed by atoms with Crippen LogP contribution in [0, 0.1) is 23.7 Å². The Morgan fingerprint density at radius 1 is 1.11 bits per heavy atom. The fourth-order valence-corrected chi connectivity index (χ4v) is 6.11. The van der Waals surface area contributed by atoms with Gasteiger partial charge in [-0.3, -0.25) is 4.90 Å². The molecule has 7 heteroatoms. The molecule has 8 atom stereocenters. The third-order valence-corrected chi connectivity index (χ3v) is 7.68. The standard InChI is InChI=1S/C20H34N2O5/c1-13-4-5-15-14(2)17(23-11-10-22-8-6-21-7-9-22)24-18-20(15)16(13)12-19(3,25-18)26-27-20/h13-18,21H,4-12H2,1-3H3/t13-,14-,15?,16?,17+,18-,19?,20+/m1/s1. The second kappa shape index (κ2) is 6.90. The van der Waals surface area contributed by atoms with E-state index in [1.807, 2.05) is 6.92 Å². The Labute approximate surface area is 161 Å². The van der Waals surface area contributed by atoms with Crippen LogP contribution in [0.5, 0.6) is 0 Å². The van der Waals surface area contributed by atoms with Gasteiger partial charge < -0.3 is 19.5 Å². The highest BCUT2D eigenvalue weighted by molar-refractivity contribution is 5.10. The maximum atomic E-state index is 6.39. The summed E-state index contributed by atoms with van der Waals surface area (Å²) in [4.78, 5) is 14.2. The van der Waals surface area contributed by atoms with Crippen LogP contribution in [0.15, 0.2) is 0 Å². The number of fused-ring (bicyclic) bond motifs is 1. The van der Waals surface area contributed by atoms with Crippen molar-refractivity contribution in [1.82, 2.24) is 10.2 Å². The maximum absolute atomic E-state index is 6.39. The first-order valence-corrected chi connectivity index (χ1v) is 10.8. The van der Waals surface area contributed by atoms with Crippen molar-refractivity contribution in [3.8, 4) is 0 Å². The summed E-state index contributed by atoms with van der Waals surface area (Å²) in [7, 11) is 0. The van der Waals surface area contributed by atoms with Gasteiger partial charge >= 0.3 is 0 Å². The lowest BCUT2D eigenvalue weighted by atomic mass is 9.56. The predicted octanol–water partition coefficient (Wildman–Crippen LogP) is 1.73. The smallest absolute Gasteiger partial charge is 0.202 e. The lowest BCUT2D eigenvalue weighted by molar-refractivity contribution is -0.615. The zero-order chi connectivity index (χ0) is 18.6. The van der Waals surface area contributed by atoms with Gasteiger partial charge in [0.1, 0.15) is 0 Å². The molecule has 7 nitrogen and oxygen atoms in total. The van der Waals surface area contributed by atoms with Gasteiger partial charge in [0.05, 0.1) is 6.61 Å². The molecule has 1 saturated carbocycles. The molecule has 0 radical (unpaired) electrons. The van der Waals surface area contributed by atoms with Crippen LogP contribution < -0.4 is 5.32 Å². The van der Waals surface area contributed by atoms with Crippen LogP contribution in [-0.4, -0.2) is 68.2 Å². The van der Waals surface area contributed by atoms with Gasteiger partial charge in [-0.15, -0.1) is 0 Å². The van der Waals surface area contributed by atoms with Gasteiger partial charge in [-0.1, -0.05) is 13.8 Å². The van der Waals surface area contributed by atoms with E-state index in [2.05, 4.69) is 24.1 Å². The normalized spacial score (nSPS) is 52.6. The van der Waals surface area contributed by atoms with Gasteiger partial charge in [0.15, 0.2) is 18.2 Å². The van der Waals surface area contributed by atoms with E-state index in [1.165, 1.54) is 6.42 Å². The van der Waals surface area contributed by atoms with E-state index in [4.69, 9.17) is 24.0 Å². The Hall–Kier alpha value is -0.280. The zero-order valence-corrected chi connectivity index (χ0v) is 16.8. The average Bonchev–Trinajstić information content (AvgIpc) is 2.67. The van der Waals surface area contributed by atoms with Gasteiger partial charge in [0, 0.05) is 56.9 Å². The van der Waals surface area contributed by atoms with Gasteiger partial charge in [-0.05, 0) is 25.7 Å². The van der Waals surface area contributed by atoms with Crippen LogP contribution in [0.3, 0.4) is 0 Å². The largest absolute Gasteiger partial charge is 0.351 e. The predicted molar refractivity (Wildman–Crippen MR) is 97.5 cm³/mol. The van der Waals surface area contributed by atoms with Gasteiger partial charge in [0.2, 0.25) is 5.79 Å². The second-order valence-corrected chi connectivity index (χ2v) is 9.40. The summed E-state index contributed by atoms with van der Waals surface area (Å²) in [5.41, 5.74) is -0.479. The molecule has 5 heterocycles. The van der Waals surface area contributed by atoms with Gasteiger partial charge in [-0.25, -0.2) is 9.78 Å². The van der Waals surface area contributed by atoms with Crippen LogP contribution in [0.25, 0.3) is 0 Å². The molecule has 27 heavy (non-hydrogen) atoms. The summed E-state index contributed by atoms with van der Waals surface area (Å²) in [6.07, 6.45) is 2.57. The Kier molecular flexibility index (Phi) is 4.79. The molecule has 0 amide bonds. The van der Waals surface area contributed by atoms with Crippen LogP contribution in [0.4, 0.5) is 0 Å². The van der Waals surface area contributed by atoms with E-state index in [1.54, 1.807) is 0 Å². The first-order chi connectivity index (χ1) is 13.0. The fourth-order valence-electron chi connectivity index (χ4n) is 6.11. The monoisotopic (exact) mass is 382 g/mol. The molecule has 6 rings (SSSR count). The molecule has 5 aliphatic heterocycles. The lowest BCUT2D eigenvalue weighted by Crippen LogP contribution is -2.76. The molecule has 1 aliphatic carbocycles. The molecule has 1 spiro atoms. The Bertz CT molecular complexity index is 558. The van der Waals surface area contributed by atoms with Crippen molar-refractivity contribution in [3.05, 3.63) is 0 Å². The van der Waals surface area contributed by atoms with E-state index in [9.17, 15) is 0 Å². The summed E-state index contributed by atoms with van der Waals surface area (Å²) in [5, 5.41) is 3.39. The molecule has 154 valence electrons. The van der Waals surface area contributed by atoms with Crippen molar-refractivity contribution in [2.75, 3.05) is 39.3 Å². The third-order valence-electron chi connectivity index (χ3n) is 7.68. The summed E-state index contributed by atoms with van der Waals surface area (Å²) in [5.74, 6) is 0.898. The number of nitrogens with one attached hydrogen (secondary N) is 1. The van der Waals surface area contributed by atoms with E-state index < -0.39 is 17.7 Å². The molecule has 2 bridgehead atoms. The molecule has 0 aromatic carbocycles. The van der Waals surface area contributed by atoms with Crippen molar-refractivity contribution in [2.24, 2.45) is 23.7 Å². The minimum Gasteiger partial charge on any atom is -0.351 e. The number of hydrogen-bond acceptors (Lipinski definition) is 7. The number of nitrogens with zero attached hydrogens (tertiary/aromatic N) is 1. The topological polar surface area (TPSA) is 61.4 Å². The van der Waals surface area contributed by atoms with Crippen LogP contribution >= 0.6 is 0 Å². The number of hydrogen-bond donors (Lipinski definition) is 1. The highest BCUT2D eigenvalue weighted by Crippen LogP contribution is 2.62. The van der Waals surface area contributed by atoms with Crippen molar-refractivity contribution in [2.45, 2.75) is 64.0 Å². The third kappa shape index (κ3) is 2.98. The van der Waals surface area contributed by atoms with Gasteiger partial charge in [-0.2, -0.15) is 0 Å². The van der Waals surface area contributed by atoms with Crippen LogP contribution in [-0.2, 0) is 24.0 Å². The molecule has 3 unspecified atom stereocenters. The minimum absolute atomic E-state index is 0.242. The van der Waals surface area contributed by atoms with E-state index >= 15 is 0 Å². The molecule has 6 fully saturated rings. The van der Waals surface area contributed by atoms with Crippen molar-refractivity contribution in [1.29, 1.82) is 0 Å². The second-order valence-electron chi connectivity index (χ2n) is 9.40. The Morgan fingerprint density at radius 2 is 1.93 bits per heavy atom. The summed E-state index contributed by atoms with van der Waals surface area (Å²) >= 11 is 0. The molecule has 5 saturated heterocycles. The Morgan fingerprint density at radius 3 is 2.74 bits per heavy atom. The molecule has 1 N–H and O–H groups in total. The molecule has 0 aromatic rings. The molecular formula is C20H34N2O5. The quantitative estimate of drug-likeness (QED) is 0.743. The lowest BCUT2D eigenvalue weighted by Gasteiger charge is -2.66. The minimum atomic E-state index is -0.709. The Balaban J connectivity index is 1.29. The maximum Gasteiger partial charge on any atom is 0.202 e. The first-order valence-electron chi connectivity index (χ1n) is 10.8. The molecular weight excluding hydrogens is 348 g/mol. The summed E-state index contributed by atoms with van der Waals surface area (Å²) < 4.78 is 18.9. The molecule has 0 aromatic heterocycles. The van der Waals surface area contributed by atoms with E-state index in [-0.39, 0.29) is 12.2 Å². The highest BCUT2D eigenvalue weighted by atomic mass is 17.3. The van der Waals surface area contributed by atoms with E-state index in [0.717, 1.165) is 45.6 Å². The zero-order valence-electron chi connectivity index (χ0n) is 16.8. The van der Waals surface area contributed by atoms with Crippen molar-refractivity contribution in [3.63, 3.8) is 0 Å². The summed E-state index contributed by atoms with van der Waals surface area (Å²) in [6, 6.07) is 0. The first kappa shape index (κ1) is 18.7. The van der Waals surface area contributed by atoms with Crippen LogP contribution in [0.1, 0.15) is 40.0 Å². The summed E-state index contributed by atoms with van der Waals surface area (Å²) in [6.45, 7) is 12.5. The SMILES string of the molecule is C[C@@H]1CCC2[C@@H](C)[C@@H](OCCN3CCNCC3)O[C@@H]3OC4(C)CC1[C@@]23OO4. The van der Waals surface area contributed by atoms with Crippen molar-refractivity contribution < 1.29 is 24.0 Å². The average molecular weight is 383 g/mol. The highest BCUT2D eigenvalue weighted by Gasteiger charge is 2.72. The molecule has 6 aliphatic rings. The number of ether oxygens (including phenoxy) is 3. The van der Waals surface area contributed by atoms with Crippen LogP contribution in [0.2, 0.25) is 0 Å². The van der Waals surface area contributed by atoms with E-state index in [0.29, 0.717) is 24.4 Å². The fraction of sp³-hybridized carbons (Fsp3) is 1.00. The number of rotatable bonds is 4.